The largest absolute Gasteiger partial charge is 0.504 e. The van der Waals surface area contributed by atoms with Crippen LogP contribution in [-0.4, -0.2) is 39.8 Å². The van der Waals surface area contributed by atoms with E-state index >= 15 is 4.79 Å². The number of urea groups is 1. The molecule has 0 saturated heterocycles. The molecule has 48 heavy (non-hydrogen) atoms. The van der Waals surface area contributed by atoms with Crippen LogP contribution in [0.2, 0.25) is 0 Å². The number of hydrogen-bond acceptors (Lipinski definition) is 4. The van der Waals surface area contributed by atoms with E-state index in [4.69, 9.17) is 0 Å². The Kier molecular flexibility index (Phi) is 8.27. The van der Waals surface area contributed by atoms with Crippen LogP contribution < -0.4 is 5.32 Å². The molecule has 0 radical (unpaired) electrons. The van der Waals surface area contributed by atoms with Crippen molar-refractivity contribution in [2.24, 2.45) is 33.0 Å². The number of amides is 3. The van der Waals surface area contributed by atoms with E-state index in [2.05, 4.69) is 52.1 Å². The molecular formula is C42H60N2O4. The van der Waals surface area contributed by atoms with Gasteiger partial charge < -0.3 is 10.4 Å². The Bertz CT molecular complexity index is 1520. The quantitative estimate of drug-likeness (QED) is 0.317. The SMILES string of the molecule is CC1=C(O)C(=O)C=C2C1=CC=C1[C@@]2(C)CC[C@@]2(C)[C@@H]3C[C@](C)(C(=O)N(C(=O)NC4CCCCC4)C4CCCCC4)CC[C@]3(C)CC[C@]12C. The average Bonchev–Trinajstić information content (AvgIpc) is 3.07. The molecule has 6 heteroatoms. The van der Waals surface area contributed by atoms with Crippen LogP contribution in [0.5, 0.6) is 0 Å². The summed E-state index contributed by atoms with van der Waals surface area (Å²) in [5.74, 6) is -0.0109. The summed E-state index contributed by atoms with van der Waals surface area (Å²) in [5, 5.41) is 13.9. The number of imide groups is 1. The number of aliphatic hydroxyl groups is 1. The van der Waals surface area contributed by atoms with E-state index in [9.17, 15) is 14.7 Å². The molecule has 0 heterocycles. The molecule has 0 spiro atoms. The lowest BCUT2D eigenvalue weighted by molar-refractivity contribution is -0.174. The summed E-state index contributed by atoms with van der Waals surface area (Å²) in [6, 6.07) is 0.0414. The number of hydrogen-bond donors (Lipinski definition) is 2. The Morgan fingerprint density at radius 1 is 0.833 bits per heavy atom. The molecule has 7 aliphatic rings. The fraction of sp³-hybridized carbons (Fsp3) is 0.738. The average molecular weight is 657 g/mol. The van der Waals surface area contributed by atoms with E-state index < -0.39 is 5.41 Å². The van der Waals surface area contributed by atoms with Crippen LogP contribution >= 0.6 is 0 Å². The lowest BCUT2D eigenvalue weighted by Gasteiger charge is -2.70. The van der Waals surface area contributed by atoms with E-state index in [1.165, 1.54) is 18.4 Å². The second-order valence-electron chi connectivity index (χ2n) is 18.4. The van der Waals surface area contributed by atoms with Gasteiger partial charge in [0.15, 0.2) is 5.76 Å². The Morgan fingerprint density at radius 3 is 2.17 bits per heavy atom. The third-order valence-electron chi connectivity index (χ3n) is 15.7. The van der Waals surface area contributed by atoms with Gasteiger partial charge in [-0.25, -0.2) is 4.79 Å². The first kappa shape index (κ1) is 33.8. The van der Waals surface area contributed by atoms with Gasteiger partial charge in [-0.3, -0.25) is 14.5 Å². The third kappa shape index (κ3) is 4.95. The summed E-state index contributed by atoms with van der Waals surface area (Å²) in [6.45, 7) is 13.8. The van der Waals surface area contributed by atoms with Crippen molar-refractivity contribution in [1.82, 2.24) is 10.2 Å². The summed E-state index contributed by atoms with van der Waals surface area (Å²) < 4.78 is 0. The van der Waals surface area contributed by atoms with Gasteiger partial charge >= 0.3 is 6.03 Å². The molecule has 0 aromatic rings. The van der Waals surface area contributed by atoms with Crippen molar-refractivity contribution in [3.63, 3.8) is 0 Å². The molecule has 0 unspecified atom stereocenters. The monoisotopic (exact) mass is 656 g/mol. The van der Waals surface area contributed by atoms with Gasteiger partial charge in [0.2, 0.25) is 11.7 Å². The maximum absolute atomic E-state index is 15.0. The van der Waals surface area contributed by atoms with Crippen molar-refractivity contribution in [3.05, 3.63) is 46.3 Å². The summed E-state index contributed by atoms with van der Waals surface area (Å²) in [5.41, 5.74) is 3.30. The van der Waals surface area contributed by atoms with Crippen LogP contribution in [0.1, 0.15) is 151 Å². The molecule has 5 fully saturated rings. The van der Waals surface area contributed by atoms with Crippen LogP contribution in [0, 0.1) is 33.0 Å². The number of rotatable bonds is 3. The predicted molar refractivity (Wildman–Crippen MR) is 190 cm³/mol. The smallest absolute Gasteiger partial charge is 0.324 e. The number of carbonyl (C=O) groups is 3. The van der Waals surface area contributed by atoms with Crippen LogP contribution in [-0.2, 0) is 9.59 Å². The Balaban J connectivity index is 1.22. The minimum absolute atomic E-state index is 0.000582. The molecule has 2 N–H and O–H groups in total. The maximum Gasteiger partial charge on any atom is 0.324 e. The molecule has 5 saturated carbocycles. The molecule has 262 valence electrons. The minimum atomic E-state index is -0.584. The van der Waals surface area contributed by atoms with Gasteiger partial charge in [-0.1, -0.05) is 90.9 Å². The van der Waals surface area contributed by atoms with Gasteiger partial charge in [0.05, 0.1) is 0 Å². The van der Waals surface area contributed by atoms with Crippen molar-refractivity contribution < 1.29 is 19.5 Å². The van der Waals surface area contributed by atoms with Crippen LogP contribution in [0.4, 0.5) is 4.79 Å². The predicted octanol–water partition coefficient (Wildman–Crippen LogP) is 9.82. The minimum Gasteiger partial charge on any atom is -0.504 e. The highest BCUT2D eigenvalue weighted by molar-refractivity contribution is 6.06. The molecule has 0 bridgehead atoms. The number of carbonyl (C=O) groups excluding carboxylic acids is 3. The molecule has 3 amide bonds. The van der Waals surface area contributed by atoms with Crippen LogP contribution in [0.25, 0.3) is 0 Å². The number of fused-ring (bicyclic) bond motifs is 7. The lowest BCUT2D eigenvalue weighted by atomic mass is 9.34. The topological polar surface area (TPSA) is 86.7 Å². The maximum atomic E-state index is 15.0. The van der Waals surface area contributed by atoms with Gasteiger partial charge in [0, 0.05) is 28.5 Å². The van der Waals surface area contributed by atoms with Gasteiger partial charge in [-0.15, -0.1) is 0 Å². The molecule has 6 nitrogen and oxygen atoms in total. The highest BCUT2D eigenvalue weighted by Crippen LogP contribution is 2.75. The highest BCUT2D eigenvalue weighted by atomic mass is 16.3. The number of nitrogens with one attached hydrogen (secondary N) is 1. The molecule has 0 aliphatic heterocycles. The second kappa shape index (κ2) is 11.7. The van der Waals surface area contributed by atoms with E-state index in [0.29, 0.717) is 11.5 Å². The Morgan fingerprint density at radius 2 is 1.48 bits per heavy atom. The fourth-order valence-electron chi connectivity index (χ4n) is 12.2. The first-order chi connectivity index (χ1) is 22.7. The van der Waals surface area contributed by atoms with Gasteiger partial charge in [-0.2, -0.15) is 0 Å². The van der Waals surface area contributed by atoms with Crippen LogP contribution in [0.3, 0.4) is 0 Å². The summed E-state index contributed by atoms with van der Waals surface area (Å²) in [4.78, 5) is 43.8. The zero-order valence-electron chi connectivity index (χ0n) is 30.6. The molecule has 0 aromatic carbocycles. The number of nitrogens with zero attached hydrogens (tertiary/aromatic N) is 1. The Labute approximate surface area is 288 Å². The van der Waals surface area contributed by atoms with E-state index in [-0.39, 0.29) is 57.2 Å². The van der Waals surface area contributed by atoms with Crippen molar-refractivity contribution in [2.75, 3.05) is 0 Å². The molecule has 0 aromatic heterocycles. The standard InChI is InChI=1S/C42H60N2O4/c1-27-30-17-18-33-40(4,31(30)25-32(45)35(27)46)22-24-42(6)34-26-39(3,20-19-38(34,2)21-23-41(33,42)5)36(47)44(29-15-11-8-12-16-29)37(48)43-28-13-9-7-10-14-28/h17-18,25,28-29,34,46H,7-16,19-24,26H2,1-6H3,(H,43,48)/t34-,38-,39-,40+,41-,42+/m1/s1. The summed E-state index contributed by atoms with van der Waals surface area (Å²) in [6.07, 6.45) is 23.7. The van der Waals surface area contributed by atoms with Crippen molar-refractivity contribution in [3.8, 4) is 0 Å². The first-order valence-corrected chi connectivity index (χ1v) is 19.4. The van der Waals surface area contributed by atoms with Crippen molar-refractivity contribution in [1.29, 1.82) is 0 Å². The zero-order valence-corrected chi connectivity index (χ0v) is 30.6. The zero-order chi connectivity index (χ0) is 34.3. The number of aliphatic hydroxyl groups excluding tert-OH is 1. The first-order valence-electron chi connectivity index (χ1n) is 19.4. The summed E-state index contributed by atoms with van der Waals surface area (Å²) >= 11 is 0. The van der Waals surface area contributed by atoms with Gasteiger partial charge in [0.25, 0.3) is 0 Å². The number of ketones is 1. The normalized spacial score (nSPS) is 40.3. The fourth-order valence-corrected chi connectivity index (χ4v) is 12.2. The molecule has 7 aliphatic carbocycles. The molecule has 6 atom stereocenters. The van der Waals surface area contributed by atoms with Gasteiger partial charge in [-0.05, 0) is 117 Å². The van der Waals surface area contributed by atoms with Gasteiger partial charge in [0.1, 0.15) is 0 Å². The molecule has 7 rings (SSSR count). The summed E-state index contributed by atoms with van der Waals surface area (Å²) in [7, 11) is 0. The number of allylic oxidation sites excluding steroid dienone is 7. The van der Waals surface area contributed by atoms with E-state index in [1.807, 2.05) is 6.92 Å². The lowest BCUT2D eigenvalue weighted by Crippen LogP contribution is -2.63. The second-order valence-corrected chi connectivity index (χ2v) is 18.4. The van der Waals surface area contributed by atoms with E-state index in [0.717, 1.165) is 107 Å². The highest BCUT2D eigenvalue weighted by Gasteiger charge is 2.67. The van der Waals surface area contributed by atoms with E-state index in [1.54, 1.807) is 11.0 Å². The Hall–Kier alpha value is -2.63. The van der Waals surface area contributed by atoms with Crippen LogP contribution in [0.15, 0.2) is 46.3 Å². The molecular weight excluding hydrogens is 596 g/mol. The third-order valence-corrected chi connectivity index (χ3v) is 15.7. The van der Waals surface area contributed by atoms with Crippen molar-refractivity contribution >= 4 is 17.7 Å². The van der Waals surface area contributed by atoms with Crippen molar-refractivity contribution in [2.45, 2.75) is 163 Å².